The molecule has 1 aromatic rings. The van der Waals surface area contributed by atoms with Crippen molar-refractivity contribution in [2.24, 2.45) is 0 Å². The van der Waals surface area contributed by atoms with E-state index in [1.807, 2.05) is 6.92 Å². The summed E-state index contributed by atoms with van der Waals surface area (Å²) in [6.07, 6.45) is 2.32. The van der Waals surface area contributed by atoms with Crippen LogP contribution >= 0.6 is 0 Å². The molecule has 25 heavy (non-hydrogen) atoms. The van der Waals surface area contributed by atoms with Crippen molar-refractivity contribution in [2.45, 2.75) is 59.2 Å². The quantitative estimate of drug-likeness (QED) is 0.810. The third-order valence-corrected chi connectivity index (χ3v) is 5.90. The van der Waals surface area contributed by atoms with Gasteiger partial charge in [0.15, 0.2) is 0 Å². The van der Waals surface area contributed by atoms with E-state index in [1.165, 1.54) is 12.1 Å². The van der Waals surface area contributed by atoms with Crippen molar-refractivity contribution in [3.05, 3.63) is 17.5 Å². The number of amides is 1. The van der Waals surface area contributed by atoms with Gasteiger partial charge in [-0.3, -0.25) is 14.4 Å². The molecule has 0 bridgehead atoms. The van der Waals surface area contributed by atoms with E-state index in [1.54, 1.807) is 0 Å². The molecule has 0 aliphatic carbocycles. The number of likely N-dealkylation sites (tertiary alicyclic amines) is 1. The van der Waals surface area contributed by atoms with E-state index in [2.05, 4.69) is 51.3 Å². The third-order valence-electron chi connectivity index (χ3n) is 5.90. The van der Waals surface area contributed by atoms with Gasteiger partial charge >= 0.3 is 0 Å². The molecule has 2 aliphatic heterocycles. The summed E-state index contributed by atoms with van der Waals surface area (Å²) in [5.74, 6) is 0.302. The molecule has 6 heteroatoms. The molecule has 2 saturated heterocycles. The number of hydrogen-bond acceptors (Lipinski definition) is 4. The van der Waals surface area contributed by atoms with Crippen molar-refractivity contribution < 1.29 is 4.79 Å². The Kier molecular flexibility index (Phi) is 5.79. The average molecular weight is 348 g/mol. The smallest absolute Gasteiger partial charge is 0.239 e. The number of likely N-dealkylation sites (N-methyl/N-ethyl adjacent to an activating group) is 1. The predicted molar refractivity (Wildman–Crippen MR) is 99.6 cm³/mol. The van der Waals surface area contributed by atoms with Gasteiger partial charge in [0.2, 0.25) is 5.91 Å². The van der Waals surface area contributed by atoms with Gasteiger partial charge in [-0.05, 0) is 52.8 Å². The van der Waals surface area contributed by atoms with Crippen molar-refractivity contribution in [1.82, 2.24) is 24.5 Å². The Bertz CT molecular complexity index is 591. The molecular weight excluding hydrogens is 314 g/mol. The van der Waals surface area contributed by atoms with Crippen LogP contribution in [0.5, 0.6) is 0 Å². The zero-order chi connectivity index (χ0) is 18.0. The normalized spacial score (nSPS) is 24.0. The summed E-state index contributed by atoms with van der Waals surface area (Å²) < 4.78 is 2.11. The number of hydrogen-bond donors (Lipinski definition) is 0. The van der Waals surface area contributed by atoms with Crippen LogP contribution in [0.2, 0.25) is 0 Å². The number of aromatic nitrogens is 2. The van der Waals surface area contributed by atoms with Gasteiger partial charge in [-0.15, -0.1) is 0 Å². The van der Waals surface area contributed by atoms with Crippen LogP contribution in [0.3, 0.4) is 0 Å². The van der Waals surface area contributed by atoms with Crippen molar-refractivity contribution >= 4 is 5.91 Å². The molecule has 140 valence electrons. The van der Waals surface area contributed by atoms with E-state index in [0.717, 1.165) is 57.9 Å². The monoisotopic (exact) mass is 347 g/mol. The van der Waals surface area contributed by atoms with Crippen molar-refractivity contribution in [3.8, 4) is 0 Å². The second-order valence-corrected chi connectivity index (χ2v) is 7.58. The van der Waals surface area contributed by atoms with Crippen LogP contribution < -0.4 is 0 Å². The summed E-state index contributed by atoms with van der Waals surface area (Å²) in [7, 11) is 0. The Balaban J connectivity index is 1.61. The molecule has 1 aromatic heterocycles. The van der Waals surface area contributed by atoms with Gasteiger partial charge in [-0.25, -0.2) is 0 Å². The van der Waals surface area contributed by atoms with Gasteiger partial charge in [0.1, 0.15) is 0 Å². The topological polar surface area (TPSA) is 44.6 Å². The van der Waals surface area contributed by atoms with E-state index in [0.29, 0.717) is 11.9 Å². The van der Waals surface area contributed by atoms with Crippen LogP contribution in [-0.2, 0) is 11.3 Å². The second-order valence-electron chi connectivity index (χ2n) is 7.58. The highest BCUT2D eigenvalue weighted by Crippen LogP contribution is 2.23. The molecule has 2 atom stereocenters. The summed E-state index contributed by atoms with van der Waals surface area (Å²) >= 11 is 0. The van der Waals surface area contributed by atoms with Gasteiger partial charge in [0.25, 0.3) is 0 Å². The highest BCUT2D eigenvalue weighted by Gasteiger charge is 2.35. The van der Waals surface area contributed by atoms with Gasteiger partial charge in [0.05, 0.1) is 18.3 Å². The zero-order valence-electron chi connectivity index (χ0n) is 16.2. The van der Waals surface area contributed by atoms with E-state index in [9.17, 15) is 4.79 Å². The fourth-order valence-corrected chi connectivity index (χ4v) is 4.31. The average Bonchev–Trinajstić information content (AvgIpc) is 3.20. The van der Waals surface area contributed by atoms with E-state index < -0.39 is 0 Å². The lowest BCUT2D eigenvalue weighted by Gasteiger charge is -2.38. The molecule has 0 N–H and O–H groups in total. The molecule has 0 spiro atoms. The second kappa shape index (κ2) is 7.87. The standard InChI is InChI=1S/C19H33N5O/c1-5-21-9-11-22(12-10-21)19(25)17(4)23-8-6-7-18(23)14-24-16(3)13-15(2)20-24/h13,17-18H,5-12,14H2,1-4H3. The fraction of sp³-hybridized carbons (Fsp3) is 0.789. The van der Waals surface area contributed by atoms with Gasteiger partial charge < -0.3 is 9.80 Å². The Morgan fingerprint density at radius 1 is 1.24 bits per heavy atom. The Labute approximate surface area is 151 Å². The molecular formula is C19H33N5O. The molecule has 0 saturated carbocycles. The SMILES string of the molecule is CCN1CCN(C(=O)C(C)N2CCCC2Cn2nc(C)cc2C)CC1. The molecule has 0 aromatic carbocycles. The largest absolute Gasteiger partial charge is 0.339 e. The molecule has 2 unspecified atom stereocenters. The summed E-state index contributed by atoms with van der Waals surface area (Å²) in [4.78, 5) is 19.9. The lowest BCUT2D eigenvalue weighted by molar-refractivity contribution is -0.138. The van der Waals surface area contributed by atoms with Crippen LogP contribution in [0.1, 0.15) is 38.1 Å². The zero-order valence-corrected chi connectivity index (χ0v) is 16.2. The van der Waals surface area contributed by atoms with Crippen molar-refractivity contribution in [1.29, 1.82) is 0 Å². The van der Waals surface area contributed by atoms with Gasteiger partial charge in [0, 0.05) is 37.9 Å². The minimum Gasteiger partial charge on any atom is -0.339 e. The summed E-state index contributed by atoms with van der Waals surface area (Å²) in [6.45, 7) is 15.2. The first-order chi connectivity index (χ1) is 12.0. The lowest BCUT2D eigenvalue weighted by atomic mass is 10.1. The number of carbonyl (C=O) groups excluding carboxylic acids is 1. The molecule has 1 amide bonds. The Hall–Kier alpha value is -1.40. The number of aryl methyl sites for hydroxylation is 2. The van der Waals surface area contributed by atoms with Gasteiger partial charge in [-0.1, -0.05) is 6.92 Å². The fourth-order valence-electron chi connectivity index (χ4n) is 4.31. The first-order valence-corrected chi connectivity index (χ1v) is 9.77. The molecule has 2 fully saturated rings. The van der Waals surface area contributed by atoms with Crippen molar-refractivity contribution in [2.75, 3.05) is 39.3 Å². The number of rotatable bonds is 5. The number of nitrogens with zero attached hydrogens (tertiary/aromatic N) is 5. The van der Waals surface area contributed by atoms with E-state index in [4.69, 9.17) is 0 Å². The Morgan fingerprint density at radius 2 is 1.96 bits per heavy atom. The van der Waals surface area contributed by atoms with Crippen LogP contribution in [0.4, 0.5) is 0 Å². The maximum absolute atomic E-state index is 13.0. The lowest BCUT2D eigenvalue weighted by Crippen LogP contribution is -2.55. The predicted octanol–water partition coefficient (Wildman–Crippen LogP) is 1.52. The van der Waals surface area contributed by atoms with Crippen LogP contribution in [-0.4, -0.2) is 81.7 Å². The number of carbonyl (C=O) groups is 1. The minimum atomic E-state index is -0.0300. The van der Waals surface area contributed by atoms with Crippen LogP contribution in [0, 0.1) is 13.8 Å². The molecule has 3 heterocycles. The van der Waals surface area contributed by atoms with E-state index in [-0.39, 0.29) is 6.04 Å². The first kappa shape index (κ1) is 18.4. The summed E-state index contributed by atoms with van der Waals surface area (Å²) in [6, 6.07) is 2.51. The third kappa shape index (κ3) is 4.06. The highest BCUT2D eigenvalue weighted by molar-refractivity contribution is 5.81. The molecule has 0 radical (unpaired) electrons. The minimum absolute atomic E-state index is 0.0300. The highest BCUT2D eigenvalue weighted by atomic mass is 16.2. The summed E-state index contributed by atoms with van der Waals surface area (Å²) in [5.41, 5.74) is 2.28. The molecule has 3 rings (SSSR count). The molecule has 6 nitrogen and oxygen atoms in total. The van der Waals surface area contributed by atoms with Crippen LogP contribution in [0.25, 0.3) is 0 Å². The van der Waals surface area contributed by atoms with Gasteiger partial charge in [-0.2, -0.15) is 5.10 Å². The maximum Gasteiger partial charge on any atom is 0.239 e. The van der Waals surface area contributed by atoms with Crippen LogP contribution in [0.15, 0.2) is 6.07 Å². The van der Waals surface area contributed by atoms with E-state index >= 15 is 0 Å². The van der Waals surface area contributed by atoms with Crippen molar-refractivity contribution in [3.63, 3.8) is 0 Å². The first-order valence-electron chi connectivity index (χ1n) is 9.77. The Morgan fingerprint density at radius 3 is 2.56 bits per heavy atom. The summed E-state index contributed by atoms with van der Waals surface area (Å²) in [5, 5.41) is 4.61. The molecule has 2 aliphatic rings. The number of piperazine rings is 1. The maximum atomic E-state index is 13.0.